The first kappa shape index (κ1) is 15.4. The minimum Gasteiger partial charge on any atom is -0.335 e. The van der Waals surface area contributed by atoms with Gasteiger partial charge in [0.1, 0.15) is 14.2 Å². The monoisotopic (exact) mass is 327 g/mol. The Morgan fingerprint density at radius 1 is 1.42 bits per heavy atom. The van der Waals surface area contributed by atoms with Gasteiger partial charge in [0.15, 0.2) is 0 Å². The molecule has 2 aliphatic carbocycles. The molecule has 2 aliphatic rings. The zero-order valence-corrected chi connectivity index (χ0v) is 13.6. The molecule has 0 aliphatic heterocycles. The van der Waals surface area contributed by atoms with Crippen molar-refractivity contribution < 1.29 is 13.2 Å². The molecule has 2 atom stereocenters. The van der Waals surface area contributed by atoms with Crippen molar-refractivity contribution in [3.63, 3.8) is 0 Å². The number of amides is 1. The molecule has 1 amide bonds. The lowest BCUT2D eigenvalue weighted by molar-refractivity contribution is -0.138. The molecule has 110 valence electrons. The molecule has 0 spiro atoms. The molecule has 0 N–H and O–H groups in total. The fraction of sp³-hybridized carbons (Fsp3) is 0.917. The van der Waals surface area contributed by atoms with Crippen molar-refractivity contribution in [3.8, 4) is 0 Å². The lowest BCUT2D eigenvalue weighted by Gasteiger charge is -2.32. The second-order valence-corrected chi connectivity index (χ2v) is 9.77. The summed E-state index contributed by atoms with van der Waals surface area (Å²) in [6.07, 6.45) is 3.46. The minimum atomic E-state index is -3.12. The number of halogens is 2. The topological polar surface area (TPSA) is 54.5 Å². The molecule has 0 heterocycles. The summed E-state index contributed by atoms with van der Waals surface area (Å²) in [6, 6.07) is -0.192. The maximum absolute atomic E-state index is 12.6. The summed E-state index contributed by atoms with van der Waals surface area (Å²) < 4.78 is 21.8. The van der Waals surface area contributed by atoms with E-state index in [9.17, 15) is 13.2 Å². The summed E-state index contributed by atoms with van der Waals surface area (Å²) in [7, 11) is -3.12. The van der Waals surface area contributed by atoms with Gasteiger partial charge in [0, 0.05) is 18.3 Å². The molecule has 0 radical (unpaired) electrons. The van der Waals surface area contributed by atoms with E-state index in [1.165, 1.54) is 6.26 Å². The molecular weight excluding hydrogens is 309 g/mol. The molecule has 0 aromatic heterocycles. The van der Waals surface area contributed by atoms with Crippen molar-refractivity contribution in [3.05, 3.63) is 0 Å². The van der Waals surface area contributed by atoms with Crippen LogP contribution in [0, 0.1) is 5.41 Å². The van der Waals surface area contributed by atoms with Crippen molar-refractivity contribution in [1.82, 2.24) is 4.90 Å². The number of alkyl halides is 2. The highest BCUT2D eigenvalue weighted by Crippen LogP contribution is 2.65. The first-order valence-electron chi connectivity index (χ1n) is 6.36. The maximum atomic E-state index is 12.6. The zero-order chi connectivity index (χ0) is 14.6. The third kappa shape index (κ3) is 3.03. The van der Waals surface area contributed by atoms with Crippen LogP contribution in [0.15, 0.2) is 0 Å². The fourth-order valence-electron chi connectivity index (χ4n) is 2.51. The van der Waals surface area contributed by atoms with Crippen molar-refractivity contribution >= 4 is 38.9 Å². The van der Waals surface area contributed by atoms with E-state index in [-0.39, 0.29) is 23.7 Å². The third-order valence-electron chi connectivity index (χ3n) is 3.92. The average Bonchev–Trinajstić information content (AvgIpc) is 3.04. The van der Waals surface area contributed by atoms with Gasteiger partial charge in [-0.15, -0.1) is 23.2 Å². The molecule has 19 heavy (non-hydrogen) atoms. The minimum absolute atomic E-state index is 0.0249. The molecule has 7 heteroatoms. The van der Waals surface area contributed by atoms with Crippen molar-refractivity contribution in [1.29, 1.82) is 0 Å². The van der Waals surface area contributed by atoms with E-state index in [4.69, 9.17) is 23.2 Å². The normalized spacial score (nSPS) is 30.8. The lowest BCUT2D eigenvalue weighted by atomic mass is 10.1. The standard InChI is InChI=1S/C12H19Cl2NO3S/c1-8(6-19(3,17)18)15(9-4-5-9)10(16)11(2)7-12(11,13)14/h8-9H,4-7H2,1-3H3/t8-,11+/m1/s1. The Balaban J connectivity index is 2.15. The van der Waals surface area contributed by atoms with Gasteiger partial charge in [-0.2, -0.15) is 0 Å². The number of sulfone groups is 1. The van der Waals surface area contributed by atoms with Crippen LogP contribution in [0.4, 0.5) is 0 Å². The molecule has 0 saturated heterocycles. The van der Waals surface area contributed by atoms with Gasteiger partial charge in [0.05, 0.1) is 11.2 Å². The molecule has 0 aromatic carbocycles. The summed E-state index contributed by atoms with van der Waals surface area (Å²) in [5, 5.41) is 0. The van der Waals surface area contributed by atoms with Crippen LogP contribution >= 0.6 is 23.2 Å². The SMILES string of the molecule is C[C@H](CS(C)(=O)=O)N(C(=O)[C@]1(C)CC1(Cl)Cl)C1CC1. The maximum Gasteiger partial charge on any atom is 0.232 e. The molecule has 2 rings (SSSR count). The van der Waals surface area contributed by atoms with E-state index in [0.29, 0.717) is 6.42 Å². The smallest absolute Gasteiger partial charge is 0.232 e. The van der Waals surface area contributed by atoms with Gasteiger partial charge in [-0.25, -0.2) is 8.42 Å². The van der Waals surface area contributed by atoms with E-state index in [0.717, 1.165) is 12.8 Å². The average molecular weight is 328 g/mol. The first-order valence-corrected chi connectivity index (χ1v) is 9.18. The molecule has 2 saturated carbocycles. The summed E-state index contributed by atoms with van der Waals surface area (Å²) in [4.78, 5) is 14.3. The highest BCUT2D eigenvalue weighted by atomic mass is 35.5. The van der Waals surface area contributed by atoms with Gasteiger partial charge in [0.2, 0.25) is 5.91 Å². The van der Waals surface area contributed by atoms with E-state index in [1.807, 2.05) is 0 Å². The lowest BCUT2D eigenvalue weighted by Crippen LogP contribution is -2.47. The number of hydrogen-bond donors (Lipinski definition) is 0. The number of hydrogen-bond acceptors (Lipinski definition) is 3. The number of carbonyl (C=O) groups is 1. The van der Waals surface area contributed by atoms with E-state index >= 15 is 0 Å². The van der Waals surface area contributed by atoms with Crippen LogP contribution in [0.2, 0.25) is 0 Å². The third-order valence-corrected chi connectivity index (χ3v) is 6.11. The molecule has 0 bridgehead atoms. The van der Waals surface area contributed by atoms with Gasteiger partial charge in [0.25, 0.3) is 0 Å². The van der Waals surface area contributed by atoms with Crippen LogP contribution in [0.5, 0.6) is 0 Å². The first-order chi connectivity index (χ1) is 8.48. The predicted molar refractivity (Wildman–Crippen MR) is 76.2 cm³/mol. The number of nitrogens with zero attached hydrogens (tertiary/aromatic N) is 1. The van der Waals surface area contributed by atoms with Crippen molar-refractivity contribution in [2.45, 2.75) is 49.5 Å². The summed E-state index contributed by atoms with van der Waals surface area (Å²) in [6.45, 7) is 3.52. The van der Waals surface area contributed by atoms with Crippen LogP contribution in [0.3, 0.4) is 0 Å². The zero-order valence-electron chi connectivity index (χ0n) is 11.3. The van der Waals surface area contributed by atoms with Crippen LogP contribution < -0.4 is 0 Å². The van der Waals surface area contributed by atoms with Crippen LogP contribution in [0.1, 0.15) is 33.1 Å². The largest absolute Gasteiger partial charge is 0.335 e. The van der Waals surface area contributed by atoms with Crippen molar-refractivity contribution in [2.75, 3.05) is 12.0 Å². The van der Waals surface area contributed by atoms with Crippen LogP contribution in [-0.4, -0.2) is 47.7 Å². The second kappa shape index (κ2) is 4.50. The quantitative estimate of drug-likeness (QED) is 0.725. The summed E-state index contributed by atoms with van der Waals surface area (Å²) >= 11 is 12.1. The molecular formula is C12H19Cl2NO3S. The Bertz CT molecular complexity index is 501. The predicted octanol–water partition coefficient (Wildman–Crippen LogP) is 1.99. The Morgan fingerprint density at radius 2 is 1.89 bits per heavy atom. The van der Waals surface area contributed by atoms with Gasteiger partial charge in [-0.1, -0.05) is 0 Å². The van der Waals surface area contributed by atoms with Gasteiger partial charge in [-0.3, -0.25) is 4.79 Å². The second-order valence-electron chi connectivity index (χ2n) is 6.10. The van der Waals surface area contributed by atoms with Crippen LogP contribution in [0.25, 0.3) is 0 Å². The summed E-state index contributed by atoms with van der Waals surface area (Å²) in [5.41, 5.74) is -0.773. The van der Waals surface area contributed by atoms with Crippen LogP contribution in [-0.2, 0) is 14.6 Å². The highest BCUT2D eigenvalue weighted by Gasteiger charge is 2.69. The van der Waals surface area contributed by atoms with E-state index in [2.05, 4.69) is 0 Å². The Kier molecular flexibility index (Phi) is 3.64. The Hall–Kier alpha value is -0.000000000000000111. The Morgan fingerprint density at radius 3 is 2.21 bits per heavy atom. The van der Waals surface area contributed by atoms with Gasteiger partial charge < -0.3 is 4.90 Å². The van der Waals surface area contributed by atoms with E-state index < -0.39 is 19.6 Å². The number of rotatable bonds is 5. The van der Waals surface area contributed by atoms with Gasteiger partial charge in [-0.05, 0) is 33.1 Å². The Labute approximate surface area is 124 Å². The highest BCUT2D eigenvalue weighted by molar-refractivity contribution is 7.90. The number of carbonyl (C=O) groups excluding carboxylic acids is 1. The van der Waals surface area contributed by atoms with Crippen molar-refractivity contribution in [2.24, 2.45) is 5.41 Å². The summed E-state index contributed by atoms with van der Waals surface area (Å²) in [5.74, 6) is -0.140. The molecule has 4 nitrogen and oxygen atoms in total. The van der Waals surface area contributed by atoms with Gasteiger partial charge >= 0.3 is 0 Å². The van der Waals surface area contributed by atoms with E-state index in [1.54, 1.807) is 18.7 Å². The molecule has 2 fully saturated rings. The molecule has 0 unspecified atom stereocenters. The fourth-order valence-corrected chi connectivity index (χ4v) is 4.25. The molecule has 0 aromatic rings.